The van der Waals surface area contributed by atoms with Crippen molar-refractivity contribution >= 4 is 18.1 Å². The number of aromatic nitrogens is 3. The fraction of sp³-hybridized carbons (Fsp3) is 0.571. The molecule has 1 amide bonds. The van der Waals surface area contributed by atoms with Gasteiger partial charge in [-0.3, -0.25) is 9.69 Å². The molecule has 7 heteroatoms. The van der Waals surface area contributed by atoms with Crippen molar-refractivity contribution in [1.82, 2.24) is 24.6 Å². The molecule has 2 aromatic rings. The van der Waals surface area contributed by atoms with Gasteiger partial charge in [0, 0.05) is 26.2 Å². The predicted octanol–water partition coefficient (Wildman–Crippen LogP) is 3.47. The van der Waals surface area contributed by atoms with Crippen LogP contribution in [0.1, 0.15) is 45.6 Å². The molecule has 1 atom stereocenters. The van der Waals surface area contributed by atoms with Gasteiger partial charge in [0.05, 0.1) is 12.7 Å². The van der Waals surface area contributed by atoms with Gasteiger partial charge in [-0.25, -0.2) is 4.68 Å². The maximum Gasteiger partial charge on any atom is 0.237 e. The molecule has 1 aromatic carbocycles. The standard InChI is InChI=1S/C21H31N5OS/c1-21(2,3)16-11-9-15(10-12-16)18-23-26(20(28)24(18)5)14-25-13-7-6-8-17(25)19(27)22-4/h9-12,17H,6-8,13-14H2,1-5H3,(H,22,27)/t17-/m0/s1. The zero-order valence-corrected chi connectivity index (χ0v) is 18.3. The maximum absolute atomic E-state index is 12.2. The van der Waals surface area contributed by atoms with Crippen molar-refractivity contribution in [2.45, 2.75) is 58.2 Å². The number of hydrogen-bond donors (Lipinski definition) is 1. The van der Waals surface area contributed by atoms with E-state index in [4.69, 9.17) is 17.3 Å². The van der Waals surface area contributed by atoms with E-state index in [2.05, 4.69) is 55.3 Å². The minimum absolute atomic E-state index is 0.0696. The Morgan fingerprint density at radius 2 is 1.93 bits per heavy atom. The number of hydrogen-bond acceptors (Lipinski definition) is 4. The first-order valence-electron chi connectivity index (χ1n) is 9.93. The highest BCUT2D eigenvalue weighted by atomic mass is 32.1. The monoisotopic (exact) mass is 401 g/mol. The third-order valence-electron chi connectivity index (χ3n) is 5.53. The normalized spacial score (nSPS) is 18.2. The van der Waals surface area contributed by atoms with Crippen molar-refractivity contribution in [3.05, 3.63) is 34.6 Å². The van der Waals surface area contributed by atoms with Gasteiger partial charge in [-0.05, 0) is 36.0 Å². The summed E-state index contributed by atoms with van der Waals surface area (Å²) < 4.78 is 4.44. The Kier molecular flexibility index (Phi) is 6.05. The second-order valence-electron chi connectivity index (χ2n) is 8.57. The largest absolute Gasteiger partial charge is 0.358 e. The van der Waals surface area contributed by atoms with Crippen LogP contribution in [0.3, 0.4) is 0 Å². The summed E-state index contributed by atoms with van der Waals surface area (Å²) in [5.74, 6) is 0.916. The Labute approximate surface area is 172 Å². The molecule has 0 spiro atoms. The van der Waals surface area contributed by atoms with Crippen LogP contribution < -0.4 is 5.32 Å². The van der Waals surface area contributed by atoms with E-state index >= 15 is 0 Å². The lowest BCUT2D eigenvalue weighted by Crippen LogP contribution is -2.49. The SMILES string of the molecule is CNC(=O)[C@@H]1CCCCN1Cn1nc(-c2ccc(C(C)(C)C)cc2)n(C)c1=S. The van der Waals surface area contributed by atoms with Gasteiger partial charge in [0.15, 0.2) is 10.6 Å². The van der Waals surface area contributed by atoms with Crippen molar-refractivity contribution in [3.8, 4) is 11.4 Å². The minimum atomic E-state index is -0.114. The molecule has 28 heavy (non-hydrogen) atoms. The van der Waals surface area contributed by atoms with Crippen LogP contribution in [-0.4, -0.2) is 44.8 Å². The van der Waals surface area contributed by atoms with Crippen LogP contribution >= 0.6 is 12.2 Å². The molecule has 1 fully saturated rings. The molecular formula is C21H31N5OS. The number of carbonyl (C=O) groups excluding carboxylic acids is 1. The smallest absolute Gasteiger partial charge is 0.237 e. The van der Waals surface area contributed by atoms with Gasteiger partial charge in [-0.2, -0.15) is 5.10 Å². The molecule has 0 aliphatic carbocycles. The predicted molar refractivity (Wildman–Crippen MR) is 115 cm³/mol. The Morgan fingerprint density at radius 1 is 1.25 bits per heavy atom. The molecule has 0 unspecified atom stereocenters. The summed E-state index contributed by atoms with van der Waals surface area (Å²) in [4.78, 5) is 14.4. The maximum atomic E-state index is 12.2. The summed E-state index contributed by atoms with van der Waals surface area (Å²) in [6.45, 7) is 8.04. The number of benzene rings is 1. The Morgan fingerprint density at radius 3 is 2.54 bits per heavy atom. The van der Waals surface area contributed by atoms with E-state index < -0.39 is 0 Å². The zero-order chi connectivity index (χ0) is 20.5. The van der Waals surface area contributed by atoms with Crippen LogP contribution in [0.4, 0.5) is 0 Å². The van der Waals surface area contributed by atoms with Crippen molar-refractivity contribution in [2.24, 2.45) is 7.05 Å². The van der Waals surface area contributed by atoms with Gasteiger partial charge in [0.1, 0.15) is 0 Å². The second-order valence-corrected chi connectivity index (χ2v) is 8.94. The van der Waals surface area contributed by atoms with Crippen LogP contribution in [0.2, 0.25) is 0 Å². The third kappa shape index (κ3) is 4.20. The van der Waals surface area contributed by atoms with Gasteiger partial charge >= 0.3 is 0 Å². The van der Waals surface area contributed by atoms with Gasteiger partial charge in [0.25, 0.3) is 0 Å². The molecule has 6 nitrogen and oxygen atoms in total. The lowest BCUT2D eigenvalue weighted by atomic mass is 9.87. The quantitative estimate of drug-likeness (QED) is 0.797. The van der Waals surface area contributed by atoms with Crippen LogP contribution in [0.5, 0.6) is 0 Å². The van der Waals surface area contributed by atoms with Crippen LogP contribution in [-0.2, 0) is 23.9 Å². The molecule has 1 aromatic heterocycles. The average molecular weight is 402 g/mol. The summed E-state index contributed by atoms with van der Waals surface area (Å²) in [6.07, 6.45) is 3.04. The molecule has 1 N–H and O–H groups in total. The summed E-state index contributed by atoms with van der Waals surface area (Å²) in [6, 6.07) is 8.41. The number of likely N-dealkylation sites (N-methyl/N-ethyl adjacent to an activating group) is 1. The van der Waals surface area contributed by atoms with Crippen LogP contribution in [0, 0.1) is 4.77 Å². The number of piperidine rings is 1. The second kappa shape index (κ2) is 8.17. The molecule has 0 saturated carbocycles. The Hall–Kier alpha value is -1.99. The topological polar surface area (TPSA) is 55.1 Å². The molecule has 152 valence electrons. The van der Waals surface area contributed by atoms with E-state index in [0.717, 1.165) is 37.2 Å². The van der Waals surface area contributed by atoms with E-state index in [9.17, 15) is 4.79 Å². The van der Waals surface area contributed by atoms with E-state index in [-0.39, 0.29) is 17.4 Å². The molecular weight excluding hydrogens is 370 g/mol. The van der Waals surface area contributed by atoms with Gasteiger partial charge in [-0.1, -0.05) is 51.5 Å². The van der Waals surface area contributed by atoms with E-state index in [1.807, 2.05) is 16.3 Å². The molecule has 3 rings (SSSR count). The highest BCUT2D eigenvalue weighted by Gasteiger charge is 2.28. The van der Waals surface area contributed by atoms with Crippen molar-refractivity contribution in [3.63, 3.8) is 0 Å². The number of nitrogens with zero attached hydrogens (tertiary/aromatic N) is 4. The lowest BCUT2D eigenvalue weighted by molar-refractivity contribution is -0.128. The number of amides is 1. The van der Waals surface area contributed by atoms with E-state index in [1.54, 1.807) is 7.05 Å². The summed E-state index contributed by atoms with van der Waals surface area (Å²) in [5, 5.41) is 7.57. The zero-order valence-electron chi connectivity index (χ0n) is 17.5. The molecule has 2 heterocycles. The van der Waals surface area contributed by atoms with E-state index in [1.165, 1.54) is 5.56 Å². The Bertz CT molecular complexity index is 891. The van der Waals surface area contributed by atoms with Gasteiger partial charge in [0.2, 0.25) is 5.91 Å². The molecule has 0 bridgehead atoms. The van der Waals surface area contributed by atoms with Crippen LogP contribution in [0.25, 0.3) is 11.4 Å². The lowest BCUT2D eigenvalue weighted by Gasteiger charge is -2.33. The number of rotatable bonds is 4. The van der Waals surface area contributed by atoms with Crippen molar-refractivity contribution in [1.29, 1.82) is 0 Å². The van der Waals surface area contributed by atoms with Gasteiger partial charge < -0.3 is 9.88 Å². The summed E-state index contributed by atoms with van der Waals surface area (Å²) in [7, 11) is 3.65. The first-order chi connectivity index (χ1) is 13.2. The number of nitrogens with one attached hydrogen (secondary N) is 1. The first kappa shape index (κ1) is 20.7. The van der Waals surface area contributed by atoms with Crippen LogP contribution in [0.15, 0.2) is 24.3 Å². The summed E-state index contributed by atoms with van der Waals surface area (Å²) >= 11 is 5.64. The highest BCUT2D eigenvalue weighted by molar-refractivity contribution is 7.71. The number of carbonyl (C=O) groups is 1. The highest BCUT2D eigenvalue weighted by Crippen LogP contribution is 2.26. The number of likely N-dealkylation sites (tertiary alicyclic amines) is 1. The van der Waals surface area contributed by atoms with E-state index in [0.29, 0.717) is 11.4 Å². The fourth-order valence-corrected chi connectivity index (χ4v) is 3.93. The van der Waals surface area contributed by atoms with Crippen molar-refractivity contribution < 1.29 is 4.79 Å². The summed E-state index contributed by atoms with van der Waals surface area (Å²) in [5.41, 5.74) is 2.45. The van der Waals surface area contributed by atoms with Gasteiger partial charge in [-0.15, -0.1) is 0 Å². The third-order valence-corrected chi connectivity index (χ3v) is 6.01. The molecule has 1 saturated heterocycles. The average Bonchev–Trinajstić information content (AvgIpc) is 2.96. The first-order valence-corrected chi connectivity index (χ1v) is 10.3. The Balaban J connectivity index is 1.87. The molecule has 1 aliphatic rings. The fourth-order valence-electron chi connectivity index (χ4n) is 3.75. The van der Waals surface area contributed by atoms with Crippen molar-refractivity contribution in [2.75, 3.05) is 13.6 Å². The molecule has 0 radical (unpaired) electrons. The molecule has 1 aliphatic heterocycles. The minimum Gasteiger partial charge on any atom is -0.358 e.